The van der Waals surface area contributed by atoms with Gasteiger partial charge >= 0.3 is 0 Å². The topological polar surface area (TPSA) is 86.8 Å². The first-order chi connectivity index (χ1) is 14.6. The number of anilines is 1. The second-order valence-electron chi connectivity index (χ2n) is 7.57. The summed E-state index contributed by atoms with van der Waals surface area (Å²) in [4.78, 5) is 51.4. The van der Waals surface area contributed by atoms with E-state index < -0.39 is 0 Å². The highest BCUT2D eigenvalue weighted by Gasteiger charge is 2.34. The first kappa shape index (κ1) is 19.8. The minimum absolute atomic E-state index is 0.0393. The van der Waals surface area contributed by atoms with E-state index in [9.17, 15) is 19.2 Å². The summed E-state index contributed by atoms with van der Waals surface area (Å²) in [5.41, 5.74) is 2.53. The number of piperidine rings is 1. The Bertz CT molecular complexity index is 943. The van der Waals surface area contributed by atoms with E-state index in [4.69, 9.17) is 0 Å². The van der Waals surface area contributed by atoms with E-state index >= 15 is 0 Å². The van der Waals surface area contributed by atoms with Crippen LogP contribution in [0.15, 0.2) is 48.5 Å². The van der Waals surface area contributed by atoms with Crippen molar-refractivity contribution in [3.63, 3.8) is 0 Å². The standard InChI is InChI=1S/C23H23N3O4/c27-15-16-5-7-18(8-6-16)25-12-9-17(10-13-25)21(28)24-11-14-26-22(29)19-3-1-2-4-20(19)23(26)30/h1-8,15,17H,9-14H2,(H,24,28). The van der Waals surface area contributed by atoms with Crippen molar-refractivity contribution >= 4 is 29.7 Å². The smallest absolute Gasteiger partial charge is 0.261 e. The van der Waals surface area contributed by atoms with E-state index in [0.717, 1.165) is 37.9 Å². The third-order valence-corrected chi connectivity index (χ3v) is 5.77. The molecule has 0 saturated carbocycles. The lowest BCUT2D eigenvalue weighted by atomic mass is 9.95. The van der Waals surface area contributed by atoms with Crippen molar-refractivity contribution < 1.29 is 19.2 Å². The largest absolute Gasteiger partial charge is 0.371 e. The molecule has 4 rings (SSSR count). The van der Waals surface area contributed by atoms with Gasteiger partial charge in [-0.2, -0.15) is 0 Å². The van der Waals surface area contributed by atoms with Crippen LogP contribution in [-0.4, -0.2) is 55.1 Å². The predicted octanol–water partition coefficient (Wildman–Crippen LogP) is 2.13. The molecule has 2 heterocycles. The number of rotatable bonds is 6. The van der Waals surface area contributed by atoms with Gasteiger partial charge < -0.3 is 10.2 Å². The molecular weight excluding hydrogens is 382 g/mol. The van der Waals surface area contributed by atoms with Gasteiger partial charge in [0.25, 0.3) is 11.8 Å². The van der Waals surface area contributed by atoms with Crippen molar-refractivity contribution in [1.29, 1.82) is 0 Å². The van der Waals surface area contributed by atoms with Crippen LogP contribution >= 0.6 is 0 Å². The van der Waals surface area contributed by atoms with Crippen molar-refractivity contribution in [2.24, 2.45) is 5.92 Å². The van der Waals surface area contributed by atoms with Crippen LogP contribution in [0, 0.1) is 5.92 Å². The zero-order valence-corrected chi connectivity index (χ0v) is 16.5. The van der Waals surface area contributed by atoms with Gasteiger partial charge in [0.05, 0.1) is 11.1 Å². The minimum atomic E-state index is -0.307. The Labute approximate surface area is 174 Å². The second kappa shape index (κ2) is 8.49. The molecule has 7 nitrogen and oxygen atoms in total. The van der Waals surface area contributed by atoms with Gasteiger partial charge in [0.1, 0.15) is 6.29 Å². The van der Waals surface area contributed by atoms with Crippen molar-refractivity contribution in [3.05, 3.63) is 65.2 Å². The molecule has 7 heteroatoms. The maximum Gasteiger partial charge on any atom is 0.261 e. The number of hydrogen-bond donors (Lipinski definition) is 1. The summed E-state index contributed by atoms with van der Waals surface area (Å²) >= 11 is 0. The Morgan fingerprint density at radius 1 is 0.967 bits per heavy atom. The molecule has 1 saturated heterocycles. The molecular formula is C23H23N3O4. The molecule has 0 aromatic heterocycles. The van der Waals surface area contributed by atoms with Crippen molar-refractivity contribution in [2.75, 3.05) is 31.1 Å². The molecule has 3 amide bonds. The van der Waals surface area contributed by atoms with E-state index in [1.807, 2.05) is 12.1 Å². The Morgan fingerprint density at radius 3 is 2.13 bits per heavy atom. The maximum absolute atomic E-state index is 12.5. The molecule has 0 unspecified atom stereocenters. The summed E-state index contributed by atoms with van der Waals surface area (Å²) in [6.07, 6.45) is 2.28. The fourth-order valence-corrected chi connectivity index (χ4v) is 4.04. The first-order valence-electron chi connectivity index (χ1n) is 10.1. The van der Waals surface area contributed by atoms with Gasteiger partial charge in [-0.05, 0) is 49.2 Å². The van der Waals surface area contributed by atoms with Crippen LogP contribution in [0.25, 0.3) is 0 Å². The lowest BCUT2D eigenvalue weighted by Gasteiger charge is -2.33. The van der Waals surface area contributed by atoms with Crippen molar-refractivity contribution in [3.8, 4) is 0 Å². The SMILES string of the molecule is O=Cc1ccc(N2CCC(C(=O)NCCN3C(=O)c4ccccc4C3=O)CC2)cc1. The Balaban J connectivity index is 1.24. The van der Waals surface area contributed by atoms with E-state index in [1.165, 1.54) is 4.90 Å². The predicted molar refractivity (Wildman–Crippen MR) is 112 cm³/mol. The fraction of sp³-hybridized carbons (Fsp3) is 0.304. The number of amides is 3. The van der Waals surface area contributed by atoms with Gasteiger partial charge in [-0.1, -0.05) is 12.1 Å². The Morgan fingerprint density at radius 2 is 1.57 bits per heavy atom. The molecule has 2 aromatic rings. The normalized spacial score (nSPS) is 16.5. The monoisotopic (exact) mass is 405 g/mol. The minimum Gasteiger partial charge on any atom is -0.371 e. The average molecular weight is 405 g/mol. The molecule has 1 N–H and O–H groups in total. The van der Waals surface area contributed by atoms with Crippen LogP contribution in [0.2, 0.25) is 0 Å². The highest BCUT2D eigenvalue weighted by atomic mass is 16.2. The van der Waals surface area contributed by atoms with Crippen LogP contribution in [-0.2, 0) is 4.79 Å². The van der Waals surface area contributed by atoms with E-state index in [0.29, 0.717) is 16.7 Å². The van der Waals surface area contributed by atoms with Crippen molar-refractivity contribution in [2.45, 2.75) is 12.8 Å². The molecule has 154 valence electrons. The molecule has 2 aliphatic rings. The zero-order chi connectivity index (χ0) is 21.1. The third kappa shape index (κ3) is 3.83. The Kier molecular flexibility index (Phi) is 5.61. The molecule has 1 fully saturated rings. The number of nitrogens with one attached hydrogen (secondary N) is 1. The van der Waals surface area contributed by atoms with Gasteiger partial charge in [0.15, 0.2) is 0 Å². The highest BCUT2D eigenvalue weighted by Crippen LogP contribution is 2.24. The first-order valence-corrected chi connectivity index (χ1v) is 10.1. The van der Waals surface area contributed by atoms with Gasteiger partial charge in [0, 0.05) is 43.3 Å². The molecule has 2 aliphatic heterocycles. The number of fused-ring (bicyclic) bond motifs is 1. The molecule has 30 heavy (non-hydrogen) atoms. The number of benzene rings is 2. The van der Waals surface area contributed by atoms with Gasteiger partial charge in [0.2, 0.25) is 5.91 Å². The summed E-state index contributed by atoms with van der Waals surface area (Å²) in [6.45, 7) is 1.94. The second-order valence-corrected chi connectivity index (χ2v) is 7.57. The number of carbonyl (C=O) groups excluding carboxylic acids is 4. The average Bonchev–Trinajstić information content (AvgIpc) is 3.04. The van der Waals surface area contributed by atoms with Gasteiger partial charge in [-0.25, -0.2) is 0 Å². The number of hydrogen-bond acceptors (Lipinski definition) is 5. The van der Waals surface area contributed by atoms with Crippen LogP contribution in [0.5, 0.6) is 0 Å². The van der Waals surface area contributed by atoms with Crippen LogP contribution in [0.1, 0.15) is 43.9 Å². The maximum atomic E-state index is 12.5. The lowest BCUT2D eigenvalue weighted by molar-refractivity contribution is -0.125. The van der Waals surface area contributed by atoms with Crippen LogP contribution in [0.3, 0.4) is 0 Å². The third-order valence-electron chi connectivity index (χ3n) is 5.77. The quantitative estimate of drug-likeness (QED) is 0.588. The number of imide groups is 1. The number of carbonyl (C=O) groups is 4. The summed E-state index contributed by atoms with van der Waals surface area (Å²) in [5.74, 6) is -0.738. The van der Waals surface area contributed by atoms with E-state index in [-0.39, 0.29) is 36.7 Å². The molecule has 0 aliphatic carbocycles. The van der Waals surface area contributed by atoms with Crippen LogP contribution < -0.4 is 10.2 Å². The highest BCUT2D eigenvalue weighted by molar-refractivity contribution is 6.21. The molecule has 0 bridgehead atoms. The molecule has 0 radical (unpaired) electrons. The van der Waals surface area contributed by atoms with Gasteiger partial charge in [-0.3, -0.25) is 24.1 Å². The summed E-state index contributed by atoms with van der Waals surface area (Å²) < 4.78 is 0. The molecule has 0 spiro atoms. The summed E-state index contributed by atoms with van der Waals surface area (Å²) in [7, 11) is 0. The van der Waals surface area contributed by atoms with Gasteiger partial charge in [-0.15, -0.1) is 0 Å². The number of aldehydes is 1. The van der Waals surface area contributed by atoms with E-state index in [1.54, 1.807) is 36.4 Å². The lowest BCUT2D eigenvalue weighted by Crippen LogP contribution is -2.43. The summed E-state index contributed by atoms with van der Waals surface area (Å²) in [6, 6.07) is 14.2. The molecule has 2 aromatic carbocycles. The number of nitrogens with zero attached hydrogens (tertiary/aromatic N) is 2. The fourth-order valence-electron chi connectivity index (χ4n) is 4.04. The molecule has 0 atom stereocenters. The Hall–Kier alpha value is -3.48. The zero-order valence-electron chi connectivity index (χ0n) is 16.5. The summed E-state index contributed by atoms with van der Waals surface area (Å²) in [5, 5.41) is 2.87. The van der Waals surface area contributed by atoms with Crippen LogP contribution in [0.4, 0.5) is 5.69 Å². The van der Waals surface area contributed by atoms with Crippen molar-refractivity contribution in [1.82, 2.24) is 10.2 Å². The van der Waals surface area contributed by atoms with E-state index in [2.05, 4.69) is 10.2 Å².